The highest BCUT2D eigenvalue weighted by molar-refractivity contribution is 5.83. The molecule has 0 spiro atoms. The molecule has 2 aromatic carbocycles. The van der Waals surface area contributed by atoms with Gasteiger partial charge in [-0.25, -0.2) is 9.59 Å². The van der Waals surface area contributed by atoms with Crippen LogP contribution in [0.25, 0.3) is 22.1 Å². The van der Waals surface area contributed by atoms with E-state index >= 15 is 0 Å². The van der Waals surface area contributed by atoms with E-state index in [2.05, 4.69) is 11.3 Å². The van der Waals surface area contributed by atoms with Crippen molar-refractivity contribution in [3.63, 3.8) is 0 Å². The summed E-state index contributed by atoms with van der Waals surface area (Å²) in [6, 6.07) is 7.97. The molecule has 0 aliphatic heterocycles. The smallest absolute Gasteiger partial charge is 0.417 e. The Labute approximate surface area is 206 Å². The van der Waals surface area contributed by atoms with Crippen LogP contribution in [0.15, 0.2) is 64.3 Å². The number of hydrogen-bond donors (Lipinski definition) is 0. The second-order valence-corrected chi connectivity index (χ2v) is 8.22. The first kappa shape index (κ1) is 27.6. The molecule has 3 aromatic rings. The molecular weight excluding hydrogens is 510 g/mol. The molecule has 0 saturated carbocycles. The van der Waals surface area contributed by atoms with Gasteiger partial charge in [0.15, 0.2) is 0 Å². The molecule has 12 heteroatoms. The number of esters is 1. The van der Waals surface area contributed by atoms with Crippen molar-refractivity contribution in [3.8, 4) is 22.6 Å². The number of carbonyl (C=O) groups is 1. The van der Waals surface area contributed by atoms with Gasteiger partial charge in [-0.1, -0.05) is 6.58 Å². The monoisotopic (exact) mass is 530 g/mol. The Kier molecular flexibility index (Phi) is 7.61. The lowest BCUT2D eigenvalue weighted by atomic mass is 9.92. The first-order chi connectivity index (χ1) is 17.2. The van der Waals surface area contributed by atoms with E-state index in [9.17, 15) is 35.9 Å². The summed E-state index contributed by atoms with van der Waals surface area (Å²) in [6.07, 6.45) is -8.88. The summed E-state index contributed by atoms with van der Waals surface area (Å²) in [6.45, 7) is 1.93. The molecule has 0 N–H and O–H groups in total. The molecule has 0 bridgehead atoms. The van der Waals surface area contributed by atoms with Crippen molar-refractivity contribution in [2.75, 3.05) is 20.3 Å². The fourth-order valence-electron chi connectivity index (χ4n) is 3.23. The van der Waals surface area contributed by atoms with E-state index in [1.807, 2.05) is 0 Å². The quantitative estimate of drug-likeness (QED) is 0.150. The third-order valence-electron chi connectivity index (χ3n) is 5.47. The van der Waals surface area contributed by atoms with E-state index in [0.29, 0.717) is 0 Å². The maximum atomic E-state index is 13.6. The predicted molar refractivity (Wildman–Crippen MR) is 120 cm³/mol. The molecule has 0 saturated heterocycles. The van der Waals surface area contributed by atoms with Gasteiger partial charge in [0.05, 0.1) is 18.2 Å². The predicted octanol–water partition coefficient (Wildman–Crippen LogP) is 6.16. The zero-order chi connectivity index (χ0) is 27.6. The van der Waals surface area contributed by atoms with Gasteiger partial charge in [-0.15, -0.1) is 0 Å². The number of ether oxygens (including phenoxy) is 3. The topological polar surface area (TPSA) is 75.0 Å². The standard InChI is InChI=1S/C25H20F6O6/c1-4-21(32)36-13-23(2,25(29,30)31)12-35-16-6-5-14-9-18(22(33)37-20(14)11-16)17-8-7-15(34-3)10-19(17)24(26,27)28/h4-11H,1,12-13H2,2-3H3. The van der Waals surface area contributed by atoms with E-state index in [1.54, 1.807) is 0 Å². The van der Waals surface area contributed by atoms with Crippen molar-refractivity contribution in [2.45, 2.75) is 19.3 Å². The van der Waals surface area contributed by atoms with Crippen LogP contribution < -0.4 is 15.1 Å². The number of hydrogen-bond acceptors (Lipinski definition) is 6. The van der Waals surface area contributed by atoms with Crippen molar-refractivity contribution >= 4 is 16.9 Å². The van der Waals surface area contributed by atoms with E-state index < -0.39 is 53.7 Å². The Morgan fingerprint density at radius 1 is 0.973 bits per heavy atom. The number of methoxy groups -OCH3 is 1. The Bertz CT molecular complexity index is 1370. The van der Waals surface area contributed by atoms with Crippen LogP contribution >= 0.6 is 0 Å². The minimum atomic E-state index is -4.80. The zero-order valence-corrected chi connectivity index (χ0v) is 19.5. The van der Waals surface area contributed by atoms with Crippen molar-refractivity contribution in [2.24, 2.45) is 5.41 Å². The summed E-state index contributed by atoms with van der Waals surface area (Å²) in [5, 5.41) is 0.199. The molecule has 1 unspecified atom stereocenters. The molecule has 1 atom stereocenters. The van der Waals surface area contributed by atoms with Gasteiger partial charge in [-0.3, -0.25) is 0 Å². The zero-order valence-electron chi connectivity index (χ0n) is 19.5. The highest BCUT2D eigenvalue weighted by Gasteiger charge is 2.53. The van der Waals surface area contributed by atoms with Crippen LogP contribution in [0, 0.1) is 5.41 Å². The molecule has 3 rings (SSSR count). The van der Waals surface area contributed by atoms with Gasteiger partial charge in [0.2, 0.25) is 0 Å². The third kappa shape index (κ3) is 6.07. The van der Waals surface area contributed by atoms with Crippen LogP contribution in [0.3, 0.4) is 0 Å². The van der Waals surface area contributed by atoms with Gasteiger partial charge in [-0.2, -0.15) is 26.3 Å². The van der Waals surface area contributed by atoms with Crippen molar-refractivity contribution in [3.05, 3.63) is 71.1 Å². The van der Waals surface area contributed by atoms with Gasteiger partial charge in [-0.05, 0) is 43.3 Å². The second-order valence-electron chi connectivity index (χ2n) is 8.22. The number of carbonyl (C=O) groups excluding carboxylic acids is 1. The van der Waals surface area contributed by atoms with E-state index in [1.165, 1.54) is 31.4 Å². The van der Waals surface area contributed by atoms with Crippen LogP contribution in [0.5, 0.6) is 11.5 Å². The summed E-state index contributed by atoms with van der Waals surface area (Å²) in [4.78, 5) is 23.8. The lowest BCUT2D eigenvalue weighted by molar-refractivity contribution is -0.240. The lowest BCUT2D eigenvalue weighted by Crippen LogP contribution is -2.44. The van der Waals surface area contributed by atoms with Crippen LogP contribution in [0.1, 0.15) is 12.5 Å². The fourth-order valence-corrected chi connectivity index (χ4v) is 3.23. The molecule has 6 nitrogen and oxygen atoms in total. The number of halogens is 6. The van der Waals surface area contributed by atoms with Gasteiger partial charge >= 0.3 is 23.9 Å². The maximum Gasteiger partial charge on any atom is 0.417 e. The average molecular weight is 530 g/mol. The van der Waals surface area contributed by atoms with Gasteiger partial charge in [0.25, 0.3) is 0 Å². The average Bonchev–Trinajstić information content (AvgIpc) is 2.83. The molecule has 0 aliphatic rings. The molecule has 0 aliphatic carbocycles. The molecule has 1 aromatic heterocycles. The minimum absolute atomic E-state index is 0.0619. The summed E-state index contributed by atoms with van der Waals surface area (Å²) >= 11 is 0. The largest absolute Gasteiger partial charge is 0.497 e. The van der Waals surface area contributed by atoms with Crippen molar-refractivity contribution in [1.29, 1.82) is 0 Å². The van der Waals surface area contributed by atoms with Crippen LogP contribution in [-0.2, 0) is 15.7 Å². The Balaban J connectivity index is 1.94. The molecule has 37 heavy (non-hydrogen) atoms. The summed E-state index contributed by atoms with van der Waals surface area (Å²) in [7, 11) is 1.20. The minimum Gasteiger partial charge on any atom is -0.497 e. The van der Waals surface area contributed by atoms with E-state index in [-0.39, 0.29) is 28.0 Å². The number of fused-ring (bicyclic) bond motifs is 1. The molecule has 1 heterocycles. The number of rotatable bonds is 8. The fraction of sp³-hybridized carbons (Fsp3) is 0.280. The SMILES string of the molecule is C=CC(=O)OCC(C)(COc1ccc2cc(-c3ccc(OC)cc3C(F)(F)F)c(=O)oc2c1)C(F)(F)F. The first-order valence-electron chi connectivity index (χ1n) is 10.5. The molecule has 0 fully saturated rings. The molecule has 0 radical (unpaired) electrons. The lowest BCUT2D eigenvalue weighted by Gasteiger charge is -2.31. The Morgan fingerprint density at radius 2 is 1.65 bits per heavy atom. The Morgan fingerprint density at radius 3 is 2.24 bits per heavy atom. The van der Waals surface area contributed by atoms with Gasteiger partial charge in [0, 0.05) is 23.1 Å². The Hall–Kier alpha value is -3.96. The summed E-state index contributed by atoms with van der Waals surface area (Å²) in [5.74, 6) is -1.22. The highest BCUT2D eigenvalue weighted by atomic mass is 19.4. The second kappa shape index (κ2) is 10.2. The number of alkyl halides is 6. The summed E-state index contributed by atoms with van der Waals surface area (Å²) < 4.78 is 101. The van der Waals surface area contributed by atoms with E-state index in [4.69, 9.17) is 13.9 Å². The van der Waals surface area contributed by atoms with Gasteiger partial charge < -0.3 is 18.6 Å². The van der Waals surface area contributed by atoms with Crippen molar-refractivity contribution in [1.82, 2.24) is 0 Å². The van der Waals surface area contributed by atoms with Crippen molar-refractivity contribution < 1.29 is 49.8 Å². The maximum absolute atomic E-state index is 13.6. The molecular formula is C25H20F6O6. The van der Waals surface area contributed by atoms with Crippen LogP contribution in [0.2, 0.25) is 0 Å². The third-order valence-corrected chi connectivity index (χ3v) is 5.47. The highest BCUT2D eigenvalue weighted by Crippen LogP contribution is 2.40. The normalized spacial score (nSPS) is 13.6. The first-order valence-corrected chi connectivity index (χ1v) is 10.5. The van der Waals surface area contributed by atoms with Crippen LogP contribution in [-0.4, -0.2) is 32.5 Å². The summed E-state index contributed by atoms with van der Waals surface area (Å²) in [5.41, 5.74) is -5.71. The molecule has 198 valence electrons. The van der Waals surface area contributed by atoms with E-state index in [0.717, 1.165) is 31.2 Å². The molecule has 0 amide bonds. The van der Waals surface area contributed by atoms with Crippen LogP contribution in [0.4, 0.5) is 26.3 Å². The number of benzene rings is 2. The van der Waals surface area contributed by atoms with Gasteiger partial charge in [0.1, 0.15) is 35.7 Å².